The van der Waals surface area contributed by atoms with Crippen molar-refractivity contribution in [1.82, 2.24) is 5.32 Å². The number of halogens is 3. The number of esters is 1. The van der Waals surface area contributed by atoms with Gasteiger partial charge in [-0.05, 0) is 81.8 Å². The second-order valence-corrected chi connectivity index (χ2v) is 8.96. The van der Waals surface area contributed by atoms with Crippen molar-refractivity contribution in [3.63, 3.8) is 0 Å². The summed E-state index contributed by atoms with van der Waals surface area (Å²) in [4.78, 5) is 24.5. The number of nitrogens with one attached hydrogen (secondary N) is 1. The van der Waals surface area contributed by atoms with Crippen molar-refractivity contribution in [2.75, 3.05) is 0 Å². The first-order valence-corrected chi connectivity index (χ1v) is 9.11. The molecular formula is C18H24F2INO4. The summed E-state index contributed by atoms with van der Waals surface area (Å²) in [5.74, 6) is -2.70. The van der Waals surface area contributed by atoms with Crippen molar-refractivity contribution in [3.8, 4) is 0 Å². The monoisotopic (exact) mass is 483 g/mol. The van der Waals surface area contributed by atoms with Gasteiger partial charge in [0.1, 0.15) is 17.2 Å². The Morgan fingerprint density at radius 1 is 1.04 bits per heavy atom. The van der Waals surface area contributed by atoms with Crippen LogP contribution in [0.3, 0.4) is 0 Å². The average molecular weight is 483 g/mol. The number of hydrogen-bond donors (Lipinski definition) is 1. The van der Waals surface area contributed by atoms with Gasteiger partial charge in [0.25, 0.3) is 0 Å². The second-order valence-electron chi connectivity index (χ2n) is 7.79. The fourth-order valence-electron chi connectivity index (χ4n) is 1.96. The topological polar surface area (TPSA) is 64.6 Å². The molecule has 0 unspecified atom stereocenters. The molecule has 0 bridgehead atoms. The van der Waals surface area contributed by atoms with Gasteiger partial charge in [0.05, 0.1) is 0 Å². The van der Waals surface area contributed by atoms with Crippen LogP contribution in [0, 0.1) is 15.2 Å². The quantitative estimate of drug-likeness (QED) is 0.393. The average Bonchev–Trinajstić information content (AvgIpc) is 2.39. The molecule has 0 saturated carbocycles. The molecule has 1 atom stereocenters. The molecule has 1 amide bonds. The molecule has 0 aliphatic rings. The lowest BCUT2D eigenvalue weighted by Crippen LogP contribution is -2.47. The number of benzene rings is 1. The van der Waals surface area contributed by atoms with Gasteiger partial charge in [0.2, 0.25) is 0 Å². The number of carbonyl (C=O) groups excluding carboxylic acids is 2. The molecule has 26 heavy (non-hydrogen) atoms. The molecule has 0 heterocycles. The smallest absolute Gasteiger partial charge is 0.408 e. The Morgan fingerprint density at radius 2 is 1.54 bits per heavy atom. The lowest BCUT2D eigenvalue weighted by molar-refractivity contribution is -0.157. The predicted octanol–water partition coefficient (Wildman–Crippen LogP) is 4.35. The minimum Gasteiger partial charge on any atom is -0.458 e. The van der Waals surface area contributed by atoms with Crippen LogP contribution in [0.5, 0.6) is 0 Å². The molecule has 1 N–H and O–H groups in total. The molecule has 0 aliphatic carbocycles. The van der Waals surface area contributed by atoms with Gasteiger partial charge in [-0.3, -0.25) is 0 Å². The zero-order valence-electron chi connectivity index (χ0n) is 15.7. The Kier molecular flexibility index (Phi) is 7.38. The number of carbonyl (C=O) groups is 2. The molecular weight excluding hydrogens is 459 g/mol. The molecule has 1 aromatic carbocycles. The molecule has 0 fully saturated rings. The Labute approximate surface area is 166 Å². The SMILES string of the molecule is CC(C)(C)OC(=O)N[C@H](Cc1cc(F)c(F)cc1I)C(=O)OC(C)(C)C. The van der Waals surface area contributed by atoms with Gasteiger partial charge in [-0.2, -0.15) is 0 Å². The van der Waals surface area contributed by atoms with Crippen LogP contribution in [0.25, 0.3) is 0 Å². The highest BCUT2D eigenvalue weighted by Gasteiger charge is 2.29. The molecule has 1 aromatic rings. The second kappa shape index (κ2) is 8.49. The molecule has 0 spiro atoms. The number of rotatable bonds is 4. The van der Waals surface area contributed by atoms with E-state index in [0.29, 0.717) is 9.13 Å². The van der Waals surface area contributed by atoms with E-state index in [0.717, 1.165) is 12.1 Å². The van der Waals surface area contributed by atoms with Crippen molar-refractivity contribution in [2.45, 2.75) is 65.2 Å². The maximum atomic E-state index is 13.6. The van der Waals surface area contributed by atoms with Gasteiger partial charge in [-0.15, -0.1) is 0 Å². The van der Waals surface area contributed by atoms with Crippen LogP contribution in [0.15, 0.2) is 12.1 Å². The van der Waals surface area contributed by atoms with Crippen molar-refractivity contribution in [1.29, 1.82) is 0 Å². The largest absolute Gasteiger partial charge is 0.458 e. The standard InChI is InChI=1S/C18H24F2INO4/c1-17(2,3)25-15(23)14(22-16(24)26-18(4,5)6)8-10-7-11(19)12(20)9-13(10)21/h7,9,14H,8H2,1-6H3,(H,22,24)/t14-/m1/s1. The van der Waals surface area contributed by atoms with E-state index in [2.05, 4.69) is 5.32 Å². The third kappa shape index (κ3) is 7.84. The maximum Gasteiger partial charge on any atom is 0.408 e. The zero-order valence-corrected chi connectivity index (χ0v) is 17.9. The summed E-state index contributed by atoms with van der Waals surface area (Å²) in [6.45, 7) is 10.1. The lowest BCUT2D eigenvalue weighted by Gasteiger charge is -2.26. The molecule has 0 radical (unpaired) electrons. The highest BCUT2D eigenvalue weighted by atomic mass is 127. The highest BCUT2D eigenvalue weighted by molar-refractivity contribution is 14.1. The van der Waals surface area contributed by atoms with Crippen LogP contribution in [0.4, 0.5) is 13.6 Å². The molecule has 1 rings (SSSR count). The Bertz CT molecular complexity index is 681. The predicted molar refractivity (Wildman–Crippen MR) is 102 cm³/mol. The Hall–Kier alpha value is -1.45. The summed E-state index contributed by atoms with van der Waals surface area (Å²) in [5.41, 5.74) is -1.15. The first-order valence-electron chi connectivity index (χ1n) is 8.04. The van der Waals surface area contributed by atoms with Gasteiger partial charge in [-0.1, -0.05) is 0 Å². The van der Waals surface area contributed by atoms with Crippen molar-refractivity contribution >= 4 is 34.7 Å². The number of alkyl carbamates (subject to hydrolysis) is 1. The van der Waals surface area contributed by atoms with E-state index in [1.807, 2.05) is 22.6 Å². The van der Waals surface area contributed by atoms with Crippen LogP contribution in [-0.2, 0) is 20.7 Å². The highest BCUT2D eigenvalue weighted by Crippen LogP contribution is 2.20. The van der Waals surface area contributed by atoms with Crippen LogP contribution in [0.1, 0.15) is 47.1 Å². The van der Waals surface area contributed by atoms with E-state index in [1.54, 1.807) is 41.5 Å². The fourth-order valence-corrected chi connectivity index (χ4v) is 2.61. The van der Waals surface area contributed by atoms with Crippen molar-refractivity contribution < 1.29 is 27.8 Å². The minimum atomic E-state index is -1.11. The molecule has 146 valence electrons. The minimum absolute atomic E-state index is 0.0658. The van der Waals surface area contributed by atoms with Crippen LogP contribution in [-0.4, -0.2) is 29.3 Å². The van der Waals surface area contributed by atoms with Crippen molar-refractivity contribution in [3.05, 3.63) is 32.9 Å². The normalized spacial score (nSPS) is 13.1. The third-order valence-corrected chi connectivity index (χ3v) is 3.90. The van der Waals surface area contributed by atoms with Gasteiger partial charge in [-0.25, -0.2) is 18.4 Å². The van der Waals surface area contributed by atoms with E-state index >= 15 is 0 Å². The van der Waals surface area contributed by atoms with E-state index in [4.69, 9.17) is 9.47 Å². The van der Waals surface area contributed by atoms with E-state index in [-0.39, 0.29) is 6.42 Å². The molecule has 5 nitrogen and oxygen atoms in total. The number of hydrogen-bond acceptors (Lipinski definition) is 4. The molecule has 8 heteroatoms. The van der Waals surface area contributed by atoms with E-state index in [9.17, 15) is 18.4 Å². The number of ether oxygens (including phenoxy) is 2. The fraction of sp³-hybridized carbons (Fsp3) is 0.556. The van der Waals surface area contributed by atoms with Crippen LogP contribution in [0.2, 0.25) is 0 Å². The first kappa shape index (κ1) is 22.6. The Morgan fingerprint density at radius 3 is 2.04 bits per heavy atom. The van der Waals surface area contributed by atoms with Gasteiger partial charge in [0.15, 0.2) is 11.6 Å². The maximum absolute atomic E-state index is 13.6. The summed E-state index contributed by atoms with van der Waals surface area (Å²) in [7, 11) is 0. The van der Waals surface area contributed by atoms with Gasteiger partial charge < -0.3 is 14.8 Å². The summed E-state index contributed by atoms with van der Waals surface area (Å²) in [6, 6.07) is 0.929. The summed E-state index contributed by atoms with van der Waals surface area (Å²) in [6.07, 6.45) is -0.866. The molecule has 0 aromatic heterocycles. The van der Waals surface area contributed by atoms with Crippen LogP contribution < -0.4 is 5.32 Å². The summed E-state index contributed by atoms with van der Waals surface area (Å²) >= 11 is 1.84. The molecule has 0 aliphatic heterocycles. The van der Waals surface area contributed by atoms with Gasteiger partial charge >= 0.3 is 12.1 Å². The van der Waals surface area contributed by atoms with Crippen molar-refractivity contribution in [2.24, 2.45) is 0 Å². The third-order valence-electron chi connectivity index (χ3n) is 2.90. The summed E-state index contributed by atoms with van der Waals surface area (Å²) < 4.78 is 37.8. The van der Waals surface area contributed by atoms with Crippen LogP contribution >= 0.6 is 22.6 Å². The van der Waals surface area contributed by atoms with E-state index in [1.165, 1.54) is 0 Å². The zero-order chi connectivity index (χ0) is 20.3. The number of amides is 1. The lowest BCUT2D eigenvalue weighted by atomic mass is 10.1. The summed E-state index contributed by atoms with van der Waals surface area (Å²) in [5, 5.41) is 2.45. The molecule has 0 saturated heterocycles. The van der Waals surface area contributed by atoms with Gasteiger partial charge in [0, 0.05) is 9.99 Å². The Balaban J connectivity index is 3.06. The first-order chi connectivity index (χ1) is 11.7. The van der Waals surface area contributed by atoms with E-state index < -0.39 is 40.9 Å².